The van der Waals surface area contributed by atoms with E-state index in [1.165, 1.54) is 16.8 Å². The summed E-state index contributed by atoms with van der Waals surface area (Å²) in [5.74, 6) is 0.241. The lowest BCUT2D eigenvalue weighted by molar-refractivity contribution is 0.0971. The quantitative estimate of drug-likeness (QED) is 0.536. The van der Waals surface area contributed by atoms with Crippen LogP contribution in [0.3, 0.4) is 0 Å². The highest BCUT2D eigenvalue weighted by atomic mass is 16.1. The number of Topliss-reactive ketones (excluding diaryl/α,β-unsaturated/α-hetero) is 1. The van der Waals surface area contributed by atoms with Gasteiger partial charge in [-0.2, -0.15) is 0 Å². The predicted molar refractivity (Wildman–Crippen MR) is 105 cm³/mol. The average Bonchev–Trinajstić information content (AvgIpc) is 2.90. The van der Waals surface area contributed by atoms with Gasteiger partial charge in [0.15, 0.2) is 5.78 Å². The third-order valence-electron chi connectivity index (χ3n) is 4.74. The first-order valence-corrected chi connectivity index (χ1v) is 9.28. The molecule has 0 bridgehead atoms. The zero-order chi connectivity index (χ0) is 18.4. The number of unbranched alkanes of at least 4 members (excludes halogenated alkanes) is 1. The van der Waals surface area contributed by atoms with Crippen molar-refractivity contribution in [3.8, 4) is 0 Å². The molecule has 1 aromatic heterocycles. The molecule has 0 amide bonds. The van der Waals surface area contributed by atoms with Crippen LogP contribution in [0.1, 0.15) is 66.8 Å². The Morgan fingerprint density at radius 3 is 2.56 bits per heavy atom. The summed E-state index contributed by atoms with van der Waals surface area (Å²) in [4.78, 5) is 12.5. The highest BCUT2D eigenvalue weighted by Crippen LogP contribution is 2.16. The molecule has 0 aliphatic heterocycles. The van der Waals surface area contributed by atoms with Crippen LogP contribution in [0.2, 0.25) is 0 Å². The van der Waals surface area contributed by atoms with Crippen molar-refractivity contribution in [1.82, 2.24) is 4.57 Å². The third kappa shape index (κ3) is 6.17. The fraction of sp³-hybridized carbons (Fsp3) is 0.500. The third-order valence-corrected chi connectivity index (χ3v) is 4.74. The molecule has 0 atom stereocenters. The van der Waals surface area contributed by atoms with Gasteiger partial charge in [0, 0.05) is 24.7 Å². The van der Waals surface area contributed by atoms with Gasteiger partial charge in [0.05, 0.1) is 5.69 Å². The SMILES string of the molecule is Cc1cccc(CCCCC(=O)c2ccc(CCC(C)(C)N)n2C)c1. The van der Waals surface area contributed by atoms with Crippen molar-refractivity contribution in [2.75, 3.05) is 0 Å². The Hall–Kier alpha value is -1.87. The molecule has 0 aliphatic carbocycles. The number of nitrogens with two attached hydrogens (primary N) is 1. The highest BCUT2D eigenvalue weighted by Gasteiger charge is 2.15. The van der Waals surface area contributed by atoms with Crippen molar-refractivity contribution in [1.29, 1.82) is 0 Å². The Morgan fingerprint density at radius 2 is 1.88 bits per heavy atom. The zero-order valence-electron chi connectivity index (χ0n) is 16.1. The van der Waals surface area contributed by atoms with Gasteiger partial charge < -0.3 is 10.3 Å². The number of hydrogen-bond acceptors (Lipinski definition) is 2. The Labute approximate surface area is 152 Å². The molecular weight excluding hydrogens is 308 g/mol. The maximum atomic E-state index is 12.5. The topological polar surface area (TPSA) is 48.0 Å². The summed E-state index contributed by atoms with van der Waals surface area (Å²) in [6, 6.07) is 12.6. The van der Waals surface area contributed by atoms with Gasteiger partial charge in [0.25, 0.3) is 0 Å². The fourth-order valence-electron chi connectivity index (χ4n) is 3.15. The van der Waals surface area contributed by atoms with Crippen molar-refractivity contribution in [2.24, 2.45) is 12.8 Å². The van der Waals surface area contributed by atoms with Crippen LogP contribution in [0.5, 0.6) is 0 Å². The van der Waals surface area contributed by atoms with Crippen LogP contribution in [0.15, 0.2) is 36.4 Å². The van der Waals surface area contributed by atoms with E-state index in [0.717, 1.165) is 37.8 Å². The van der Waals surface area contributed by atoms with Crippen LogP contribution in [0.25, 0.3) is 0 Å². The van der Waals surface area contributed by atoms with Crippen molar-refractivity contribution in [3.05, 3.63) is 58.9 Å². The second kappa shape index (κ2) is 8.48. The number of benzene rings is 1. The first kappa shape index (κ1) is 19.5. The first-order valence-electron chi connectivity index (χ1n) is 9.28. The molecule has 0 radical (unpaired) electrons. The summed E-state index contributed by atoms with van der Waals surface area (Å²) in [5, 5.41) is 0. The summed E-state index contributed by atoms with van der Waals surface area (Å²) < 4.78 is 2.04. The molecule has 0 spiro atoms. The molecule has 0 saturated heterocycles. The van der Waals surface area contributed by atoms with Gasteiger partial charge in [0.1, 0.15) is 0 Å². The smallest absolute Gasteiger partial charge is 0.179 e. The van der Waals surface area contributed by atoms with Crippen LogP contribution in [-0.2, 0) is 19.9 Å². The predicted octanol–water partition coefficient (Wildman–Crippen LogP) is 4.60. The van der Waals surface area contributed by atoms with Crippen molar-refractivity contribution >= 4 is 5.78 Å². The van der Waals surface area contributed by atoms with E-state index in [-0.39, 0.29) is 11.3 Å². The summed E-state index contributed by atoms with van der Waals surface area (Å²) in [5.41, 5.74) is 10.5. The Balaban J connectivity index is 1.82. The van der Waals surface area contributed by atoms with Gasteiger partial charge in [-0.1, -0.05) is 29.8 Å². The lowest BCUT2D eigenvalue weighted by Gasteiger charge is -2.18. The van der Waals surface area contributed by atoms with E-state index in [1.54, 1.807) is 0 Å². The fourth-order valence-corrected chi connectivity index (χ4v) is 3.15. The highest BCUT2D eigenvalue weighted by molar-refractivity contribution is 5.94. The first-order chi connectivity index (χ1) is 11.8. The zero-order valence-corrected chi connectivity index (χ0v) is 16.1. The van der Waals surface area contributed by atoms with Crippen molar-refractivity contribution in [3.63, 3.8) is 0 Å². The summed E-state index contributed by atoms with van der Waals surface area (Å²) in [6.07, 6.45) is 5.46. The number of ketones is 1. The van der Waals surface area contributed by atoms with Crippen LogP contribution in [-0.4, -0.2) is 15.9 Å². The number of nitrogens with zero attached hydrogens (tertiary/aromatic N) is 1. The van der Waals surface area contributed by atoms with E-state index in [1.807, 2.05) is 31.5 Å². The Kier molecular flexibility index (Phi) is 6.60. The van der Waals surface area contributed by atoms with E-state index < -0.39 is 0 Å². The number of aromatic nitrogens is 1. The second-order valence-corrected chi connectivity index (χ2v) is 7.88. The normalized spacial score (nSPS) is 11.7. The van der Waals surface area contributed by atoms with Gasteiger partial charge in [-0.3, -0.25) is 4.79 Å². The van der Waals surface area contributed by atoms with Gasteiger partial charge in [0.2, 0.25) is 0 Å². The molecule has 0 fully saturated rings. The lowest BCUT2D eigenvalue weighted by atomic mass is 9.99. The number of carbonyl (C=O) groups excluding carboxylic acids is 1. The summed E-state index contributed by atoms with van der Waals surface area (Å²) in [7, 11) is 1.98. The molecule has 136 valence electrons. The van der Waals surface area contributed by atoms with E-state index in [4.69, 9.17) is 5.73 Å². The van der Waals surface area contributed by atoms with Crippen LogP contribution >= 0.6 is 0 Å². The second-order valence-electron chi connectivity index (χ2n) is 7.88. The molecule has 0 unspecified atom stereocenters. The van der Waals surface area contributed by atoms with E-state index in [9.17, 15) is 4.79 Å². The average molecular weight is 341 g/mol. The van der Waals surface area contributed by atoms with Crippen LogP contribution in [0.4, 0.5) is 0 Å². The standard InChI is InChI=1S/C22H32N2O/c1-17-8-7-10-18(16-17)9-5-6-11-21(25)20-13-12-19(24(20)4)14-15-22(2,3)23/h7-8,10,12-13,16H,5-6,9,11,14-15,23H2,1-4H3. The number of hydrogen-bond donors (Lipinski definition) is 1. The van der Waals surface area contributed by atoms with E-state index in [0.29, 0.717) is 6.42 Å². The van der Waals surface area contributed by atoms with Gasteiger partial charge in [-0.25, -0.2) is 0 Å². The molecule has 0 saturated carbocycles. The summed E-state index contributed by atoms with van der Waals surface area (Å²) in [6.45, 7) is 6.19. The lowest BCUT2D eigenvalue weighted by Crippen LogP contribution is -2.32. The molecule has 2 rings (SSSR count). The molecular formula is C22H32N2O. The maximum absolute atomic E-state index is 12.5. The monoisotopic (exact) mass is 340 g/mol. The Morgan fingerprint density at radius 1 is 1.12 bits per heavy atom. The van der Waals surface area contributed by atoms with E-state index >= 15 is 0 Å². The minimum atomic E-state index is -0.176. The van der Waals surface area contributed by atoms with Gasteiger partial charge in [-0.15, -0.1) is 0 Å². The van der Waals surface area contributed by atoms with Gasteiger partial charge in [-0.05, 0) is 70.6 Å². The minimum absolute atomic E-state index is 0.176. The summed E-state index contributed by atoms with van der Waals surface area (Å²) >= 11 is 0. The maximum Gasteiger partial charge on any atom is 0.179 e. The molecule has 1 heterocycles. The number of carbonyl (C=O) groups is 1. The van der Waals surface area contributed by atoms with Crippen molar-refractivity contribution in [2.45, 2.75) is 64.8 Å². The number of rotatable bonds is 9. The largest absolute Gasteiger partial charge is 0.345 e. The van der Waals surface area contributed by atoms with Gasteiger partial charge >= 0.3 is 0 Å². The van der Waals surface area contributed by atoms with Crippen molar-refractivity contribution < 1.29 is 4.79 Å². The molecule has 25 heavy (non-hydrogen) atoms. The van der Waals surface area contributed by atoms with E-state index in [2.05, 4.69) is 37.3 Å². The van der Waals surface area contributed by atoms with Crippen LogP contribution < -0.4 is 5.73 Å². The van der Waals surface area contributed by atoms with Crippen LogP contribution in [0, 0.1) is 6.92 Å². The molecule has 2 aromatic rings. The minimum Gasteiger partial charge on any atom is -0.345 e. The molecule has 1 aromatic carbocycles. The molecule has 3 nitrogen and oxygen atoms in total. The molecule has 0 aliphatic rings. The molecule has 2 N–H and O–H groups in total. The molecule has 3 heteroatoms. The number of aryl methyl sites for hydroxylation is 3. The Bertz CT molecular complexity index is 707.